The quantitative estimate of drug-likeness (QED) is 0.391. The van der Waals surface area contributed by atoms with Crippen molar-refractivity contribution in [3.63, 3.8) is 0 Å². The Morgan fingerprint density at radius 3 is 2.81 bits per heavy atom. The summed E-state index contributed by atoms with van der Waals surface area (Å²) < 4.78 is 2.18. The Bertz CT molecular complexity index is 971. The van der Waals surface area contributed by atoms with E-state index in [1.165, 1.54) is 0 Å². The number of rotatable bonds is 7. The Hall–Kier alpha value is -2.78. The van der Waals surface area contributed by atoms with E-state index in [2.05, 4.69) is 42.0 Å². The van der Waals surface area contributed by atoms with E-state index in [1.807, 2.05) is 13.1 Å². The van der Waals surface area contributed by atoms with E-state index in [4.69, 9.17) is 0 Å². The fraction of sp³-hybridized carbons (Fsp3) is 0.222. The Labute approximate surface area is 164 Å². The molecular formula is C18H19BrN6O2. The third-order valence-corrected chi connectivity index (χ3v) is 4.20. The monoisotopic (exact) mass is 430 g/mol. The number of hydrogen-bond acceptors (Lipinski definition) is 5. The van der Waals surface area contributed by atoms with Crippen molar-refractivity contribution in [2.24, 2.45) is 0 Å². The molecule has 3 N–H and O–H groups in total. The number of carbonyl (C=O) groups is 2. The zero-order valence-corrected chi connectivity index (χ0v) is 16.3. The van der Waals surface area contributed by atoms with Gasteiger partial charge in [-0.1, -0.05) is 6.07 Å². The number of aromatic nitrogens is 3. The minimum atomic E-state index is -0.299. The maximum Gasteiger partial charge on any atom is 0.274 e. The summed E-state index contributed by atoms with van der Waals surface area (Å²) in [6.45, 7) is 1.42. The van der Waals surface area contributed by atoms with Gasteiger partial charge in [0.25, 0.3) is 5.91 Å². The lowest BCUT2D eigenvalue weighted by molar-refractivity contribution is -0.121. The summed E-state index contributed by atoms with van der Waals surface area (Å²) >= 11 is 3.25. The highest BCUT2D eigenvalue weighted by Crippen LogP contribution is 2.19. The molecule has 0 bridgehead atoms. The third kappa shape index (κ3) is 5.11. The predicted octanol–water partition coefficient (Wildman–Crippen LogP) is 1.78. The van der Waals surface area contributed by atoms with E-state index in [0.29, 0.717) is 29.1 Å². The standard InChI is InChI=1S/C18H19BrN6O2/c1-20-7-8-21-17(26)11-25-10-12-9-13(5-6-14(12)24-25)22-18(27)15-3-2-4-16(19)23-15/h2-6,9-10,20H,7-8,11H2,1H3,(H,21,26)(H,22,27). The number of carbonyl (C=O) groups excluding carboxylic acids is 2. The maximum atomic E-state index is 12.3. The van der Waals surface area contributed by atoms with Crippen LogP contribution in [0, 0.1) is 0 Å². The van der Waals surface area contributed by atoms with Gasteiger partial charge in [0.15, 0.2) is 0 Å². The summed E-state index contributed by atoms with van der Waals surface area (Å²) in [5, 5.41) is 13.8. The van der Waals surface area contributed by atoms with E-state index in [9.17, 15) is 9.59 Å². The van der Waals surface area contributed by atoms with E-state index < -0.39 is 0 Å². The van der Waals surface area contributed by atoms with Crippen molar-refractivity contribution >= 4 is 44.3 Å². The summed E-state index contributed by atoms with van der Waals surface area (Å²) in [4.78, 5) is 28.3. The maximum absolute atomic E-state index is 12.3. The van der Waals surface area contributed by atoms with Gasteiger partial charge in [0.1, 0.15) is 16.8 Å². The van der Waals surface area contributed by atoms with Crippen LogP contribution in [0.25, 0.3) is 10.9 Å². The minimum Gasteiger partial charge on any atom is -0.353 e. The summed E-state index contributed by atoms with van der Waals surface area (Å²) in [6, 6.07) is 10.5. The molecule has 2 amide bonds. The molecule has 0 saturated heterocycles. The molecule has 8 nitrogen and oxygen atoms in total. The fourth-order valence-electron chi connectivity index (χ4n) is 2.50. The topological polar surface area (TPSA) is 101 Å². The number of fused-ring (bicyclic) bond motifs is 1. The van der Waals surface area contributed by atoms with Gasteiger partial charge in [-0.15, -0.1) is 0 Å². The van der Waals surface area contributed by atoms with E-state index >= 15 is 0 Å². The fourth-order valence-corrected chi connectivity index (χ4v) is 2.84. The highest BCUT2D eigenvalue weighted by molar-refractivity contribution is 9.10. The highest BCUT2D eigenvalue weighted by Gasteiger charge is 2.10. The van der Waals surface area contributed by atoms with Crippen molar-refractivity contribution < 1.29 is 9.59 Å². The van der Waals surface area contributed by atoms with Crippen molar-refractivity contribution in [3.8, 4) is 0 Å². The van der Waals surface area contributed by atoms with Crippen LogP contribution in [0.15, 0.2) is 47.2 Å². The largest absolute Gasteiger partial charge is 0.353 e. The molecule has 0 spiro atoms. The molecule has 2 aromatic heterocycles. The van der Waals surface area contributed by atoms with Crippen molar-refractivity contribution in [1.82, 2.24) is 25.4 Å². The van der Waals surface area contributed by atoms with Crippen molar-refractivity contribution in [2.45, 2.75) is 6.54 Å². The Kier molecular flexibility index (Phi) is 6.15. The van der Waals surface area contributed by atoms with Crippen LogP contribution in [-0.2, 0) is 11.3 Å². The molecule has 0 radical (unpaired) electrons. The first kappa shape index (κ1) is 19.0. The lowest BCUT2D eigenvalue weighted by atomic mass is 10.2. The molecule has 0 saturated carbocycles. The second-order valence-electron chi connectivity index (χ2n) is 5.85. The molecule has 3 rings (SSSR count). The molecule has 0 fully saturated rings. The number of anilines is 1. The van der Waals surface area contributed by atoms with Crippen LogP contribution in [0.3, 0.4) is 0 Å². The number of pyridine rings is 1. The molecule has 2 heterocycles. The third-order valence-electron chi connectivity index (χ3n) is 3.76. The SMILES string of the molecule is CNCCNC(=O)Cn1cc2cc(NC(=O)c3cccc(Br)n3)ccc2n1. The minimum absolute atomic E-state index is 0.104. The van der Waals surface area contributed by atoms with Crippen molar-refractivity contribution in [2.75, 3.05) is 25.5 Å². The molecule has 0 aliphatic carbocycles. The van der Waals surface area contributed by atoms with Gasteiger partial charge in [-0.3, -0.25) is 14.3 Å². The molecule has 0 aliphatic rings. The highest BCUT2D eigenvalue weighted by atomic mass is 79.9. The van der Waals surface area contributed by atoms with Gasteiger partial charge in [-0.05, 0) is 53.3 Å². The van der Waals surface area contributed by atoms with Gasteiger partial charge in [0.05, 0.1) is 5.52 Å². The average Bonchev–Trinajstić information content (AvgIpc) is 3.03. The van der Waals surface area contributed by atoms with Gasteiger partial charge in [-0.25, -0.2) is 4.98 Å². The normalized spacial score (nSPS) is 10.7. The molecule has 1 aromatic carbocycles. The summed E-state index contributed by atoms with van der Waals surface area (Å²) in [7, 11) is 1.83. The van der Waals surface area contributed by atoms with Gasteiger partial charge < -0.3 is 16.0 Å². The van der Waals surface area contributed by atoms with Crippen molar-refractivity contribution in [3.05, 3.63) is 52.9 Å². The zero-order valence-electron chi connectivity index (χ0n) is 14.7. The van der Waals surface area contributed by atoms with E-state index in [-0.39, 0.29) is 18.4 Å². The number of nitrogens with one attached hydrogen (secondary N) is 3. The first-order valence-electron chi connectivity index (χ1n) is 8.37. The Morgan fingerprint density at radius 2 is 2.04 bits per heavy atom. The Balaban J connectivity index is 1.68. The van der Waals surface area contributed by atoms with Crippen LogP contribution >= 0.6 is 15.9 Å². The van der Waals surface area contributed by atoms with Crippen LogP contribution in [0.5, 0.6) is 0 Å². The molecule has 140 valence electrons. The molecule has 0 unspecified atom stereocenters. The summed E-state index contributed by atoms with van der Waals surface area (Å²) in [6.07, 6.45) is 1.78. The van der Waals surface area contributed by atoms with Crippen molar-refractivity contribution in [1.29, 1.82) is 0 Å². The molecule has 9 heteroatoms. The van der Waals surface area contributed by atoms with Gasteiger partial charge in [-0.2, -0.15) is 5.10 Å². The number of likely N-dealkylation sites (N-methyl/N-ethyl adjacent to an activating group) is 1. The molecule has 0 aliphatic heterocycles. The number of hydrogen-bond donors (Lipinski definition) is 3. The van der Waals surface area contributed by atoms with Gasteiger partial charge >= 0.3 is 0 Å². The molecule has 3 aromatic rings. The number of amides is 2. The van der Waals surface area contributed by atoms with Crippen LogP contribution < -0.4 is 16.0 Å². The first-order valence-corrected chi connectivity index (χ1v) is 9.17. The predicted molar refractivity (Wildman–Crippen MR) is 107 cm³/mol. The lowest BCUT2D eigenvalue weighted by Crippen LogP contribution is -2.33. The number of benzene rings is 1. The smallest absolute Gasteiger partial charge is 0.274 e. The van der Waals surface area contributed by atoms with Crippen LogP contribution in [-0.4, -0.2) is 46.7 Å². The molecule has 0 atom stereocenters. The average molecular weight is 431 g/mol. The second-order valence-corrected chi connectivity index (χ2v) is 6.67. The lowest BCUT2D eigenvalue weighted by Gasteiger charge is -2.04. The van der Waals surface area contributed by atoms with Crippen LogP contribution in [0.1, 0.15) is 10.5 Å². The Morgan fingerprint density at radius 1 is 1.19 bits per heavy atom. The summed E-state index contributed by atoms with van der Waals surface area (Å²) in [5.74, 6) is -0.403. The molecular weight excluding hydrogens is 412 g/mol. The zero-order chi connectivity index (χ0) is 19.2. The van der Waals surface area contributed by atoms with Crippen LogP contribution in [0.2, 0.25) is 0 Å². The van der Waals surface area contributed by atoms with Gasteiger partial charge in [0.2, 0.25) is 5.91 Å². The second kappa shape index (κ2) is 8.74. The van der Waals surface area contributed by atoms with Crippen LogP contribution in [0.4, 0.5) is 5.69 Å². The number of halogens is 1. The summed E-state index contributed by atoms with van der Waals surface area (Å²) in [5.41, 5.74) is 1.70. The number of nitrogens with zero attached hydrogens (tertiary/aromatic N) is 3. The van der Waals surface area contributed by atoms with E-state index in [0.717, 1.165) is 10.9 Å². The first-order chi connectivity index (χ1) is 13.0. The van der Waals surface area contributed by atoms with Gasteiger partial charge in [0, 0.05) is 30.4 Å². The molecule has 27 heavy (non-hydrogen) atoms. The van der Waals surface area contributed by atoms with E-state index in [1.54, 1.807) is 41.2 Å².